The van der Waals surface area contributed by atoms with Crippen LogP contribution in [0.15, 0.2) is 77.2 Å². The molecule has 0 aliphatic carbocycles. The first-order valence-electron chi connectivity index (χ1n) is 14.2. The second kappa shape index (κ2) is 8.70. The summed E-state index contributed by atoms with van der Waals surface area (Å²) in [7, 11) is 0. The summed E-state index contributed by atoms with van der Waals surface area (Å²) < 4.78 is 62.4. The van der Waals surface area contributed by atoms with E-state index in [0.29, 0.717) is 33.7 Å². The van der Waals surface area contributed by atoms with Crippen molar-refractivity contribution in [1.29, 1.82) is 0 Å². The summed E-state index contributed by atoms with van der Waals surface area (Å²) in [5.41, 5.74) is 2.78. The number of hydrogen-bond donors (Lipinski definition) is 0. The van der Waals surface area contributed by atoms with Crippen molar-refractivity contribution in [3.63, 3.8) is 0 Å². The number of rotatable bonds is 4. The summed E-state index contributed by atoms with van der Waals surface area (Å²) in [6.45, 7) is 1.76. The Morgan fingerprint density at radius 2 is 1.67 bits per heavy atom. The highest BCUT2D eigenvalue weighted by atomic mass is 19.1. The number of aryl methyl sites for hydroxylation is 1. The number of fused-ring (bicyclic) bond motifs is 6. The van der Waals surface area contributed by atoms with Crippen LogP contribution < -0.4 is 0 Å². The van der Waals surface area contributed by atoms with Crippen LogP contribution >= 0.6 is 0 Å². The van der Waals surface area contributed by atoms with Gasteiger partial charge in [-0.05, 0) is 61.7 Å². The van der Waals surface area contributed by atoms with Crippen molar-refractivity contribution in [1.82, 2.24) is 19.5 Å². The quantitative estimate of drug-likeness (QED) is 0.234. The van der Waals surface area contributed by atoms with Gasteiger partial charge in [0.1, 0.15) is 28.7 Å². The van der Waals surface area contributed by atoms with E-state index in [1.807, 2.05) is 24.3 Å². The molecule has 0 bridgehead atoms. The molecule has 5 nitrogen and oxygen atoms in total. The lowest BCUT2D eigenvalue weighted by molar-refractivity contribution is 0.571. The minimum atomic E-state index is -2.48. The largest absolute Gasteiger partial charge is 0.437 e. The molecule has 0 amide bonds. The molecule has 192 valence electrons. The predicted octanol–water partition coefficient (Wildman–Crippen LogP) is 8.32. The fourth-order valence-electron chi connectivity index (χ4n) is 5.27. The molecule has 39 heavy (non-hydrogen) atoms. The van der Waals surface area contributed by atoms with Gasteiger partial charge in [-0.3, -0.25) is 9.55 Å². The van der Waals surface area contributed by atoms with Crippen LogP contribution in [0.1, 0.15) is 29.3 Å². The molecular weight excluding hydrogens is 494 g/mol. The number of nitrogens with zero attached hydrogens (tertiary/aromatic N) is 4. The van der Waals surface area contributed by atoms with E-state index in [1.165, 1.54) is 28.8 Å². The SMILES string of the molecule is [2H]C([2H])([2H])c1ccc2ccc3nc(-c4cccc5c4oc4nc(CC(C)C)ccc45)n(-c4c(F)cccc4F)c3c2n1. The van der Waals surface area contributed by atoms with Crippen LogP contribution in [-0.4, -0.2) is 19.5 Å². The normalized spacial score (nSPS) is 13.5. The van der Waals surface area contributed by atoms with E-state index in [0.717, 1.165) is 22.9 Å². The third-order valence-electron chi connectivity index (χ3n) is 6.92. The number of aromatic nitrogens is 4. The van der Waals surface area contributed by atoms with Gasteiger partial charge in [-0.25, -0.2) is 18.7 Å². The van der Waals surface area contributed by atoms with E-state index in [9.17, 15) is 0 Å². The number of halogens is 2. The minimum absolute atomic E-state index is 0.131. The van der Waals surface area contributed by atoms with Gasteiger partial charge in [0.2, 0.25) is 5.71 Å². The first kappa shape index (κ1) is 20.3. The molecule has 7 rings (SSSR count). The molecule has 0 saturated carbocycles. The van der Waals surface area contributed by atoms with Gasteiger partial charge in [-0.15, -0.1) is 0 Å². The molecule has 0 unspecified atom stereocenters. The highest BCUT2D eigenvalue weighted by Crippen LogP contribution is 2.39. The van der Waals surface area contributed by atoms with Gasteiger partial charge in [0.25, 0.3) is 0 Å². The van der Waals surface area contributed by atoms with E-state index in [1.54, 1.807) is 24.3 Å². The van der Waals surface area contributed by atoms with Gasteiger partial charge >= 0.3 is 0 Å². The maximum absolute atomic E-state index is 15.5. The van der Waals surface area contributed by atoms with Gasteiger partial charge in [-0.2, -0.15) is 0 Å². The Labute approximate surface area is 227 Å². The maximum atomic E-state index is 15.5. The second-order valence-corrected chi connectivity index (χ2v) is 10.1. The van der Waals surface area contributed by atoms with Crippen molar-refractivity contribution in [3.8, 4) is 17.1 Å². The van der Waals surface area contributed by atoms with Crippen molar-refractivity contribution in [2.45, 2.75) is 27.1 Å². The molecule has 0 spiro atoms. The molecule has 0 radical (unpaired) electrons. The van der Waals surface area contributed by atoms with Crippen LogP contribution in [0.25, 0.3) is 61.1 Å². The third-order valence-corrected chi connectivity index (χ3v) is 6.92. The van der Waals surface area contributed by atoms with Crippen molar-refractivity contribution in [3.05, 3.63) is 95.8 Å². The Morgan fingerprint density at radius 3 is 2.46 bits per heavy atom. The zero-order valence-electron chi connectivity index (χ0n) is 24.2. The summed E-state index contributed by atoms with van der Waals surface area (Å²) in [5.74, 6) is -0.984. The topological polar surface area (TPSA) is 56.7 Å². The molecule has 3 aromatic carbocycles. The Balaban J connectivity index is 1.60. The van der Waals surface area contributed by atoms with Crippen molar-refractivity contribution in [2.75, 3.05) is 0 Å². The van der Waals surface area contributed by atoms with Crippen LogP contribution in [0.3, 0.4) is 0 Å². The predicted molar refractivity (Wildman–Crippen MR) is 150 cm³/mol. The van der Waals surface area contributed by atoms with E-state index in [2.05, 4.69) is 18.8 Å². The van der Waals surface area contributed by atoms with E-state index in [-0.39, 0.29) is 28.2 Å². The summed E-state index contributed by atoms with van der Waals surface area (Å²) in [5, 5.41) is 2.20. The zero-order chi connectivity index (χ0) is 29.3. The third kappa shape index (κ3) is 3.68. The Kier molecular flexibility index (Phi) is 4.53. The summed E-state index contributed by atoms with van der Waals surface area (Å²) in [4.78, 5) is 14.0. The standard InChI is InChI=1S/C32H24F2N4O/c1-17(2)16-20-13-14-22-21-6-4-7-23(30(21)39-32(22)36-20)31-37-26-15-12-19-11-10-18(3)35-27(19)29(26)38(31)28-24(33)8-5-9-25(28)34/h4-15,17H,16H2,1-3H3/i3D3. The van der Waals surface area contributed by atoms with Gasteiger partial charge in [0, 0.05) is 31.7 Å². The average Bonchev–Trinajstić information content (AvgIpc) is 3.50. The summed E-state index contributed by atoms with van der Waals surface area (Å²) >= 11 is 0. The number of pyridine rings is 2. The monoisotopic (exact) mass is 521 g/mol. The number of hydrogen-bond acceptors (Lipinski definition) is 4. The molecule has 4 aromatic heterocycles. The molecule has 0 aliphatic rings. The van der Waals surface area contributed by atoms with Crippen LogP contribution in [0.5, 0.6) is 0 Å². The first-order valence-corrected chi connectivity index (χ1v) is 12.7. The van der Waals surface area contributed by atoms with Crippen molar-refractivity contribution in [2.24, 2.45) is 5.92 Å². The van der Waals surface area contributed by atoms with Gasteiger partial charge in [0.05, 0.1) is 22.1 Å². The molecule has 7 aromatic rings. The van der Waals surface area contributed by atoms with E-state index < -0.39 is 18.5 Å². The fraction of sp³-hybridized carbons (Fsp3) is 0.156. The second-order valence-electron chi connectivity index (χ2n) is 10.1. The molecule has 0 atom stereocenters. The molecule has 0 saturated heterocycles. The maximum Gasteiger partial charge on any atom is 0.227 e. The molecule has 0 fully saturated rings. The fourth-order valence-corrected chi connectivity index (χ4v) is 5.27. The molecule has 7 heteroatoms. The smallest absolute Gasteiger partial charge is 0.227 e. The average molecular weight is 522 g/mol. The van der Waals surface area contributed by atoms with Crippen LogP contribution in [0.4, 0.5) is 8.78 Å². The van der Waals surface area contributed by atoms with Crippen molar-refractivity contribution >= 4 is 44.0 Å². The summed E-state index contributed by atoms with van der Waals surface area (Å²) in [6.07, 6.45) is 0.792. The molecule has 0 N–H and O–H groups in total. The van der Waals surface area contributed by atoms with Gasteiger partial charge in [-0.1, -0.05) is 44.2 Å². The van der Waals surface area contributed by atoms with Gasteiger partial charge in [0.15, 0.2) is 0 Å². The van der Waals surface area contributed by atoms with E-state index >= 15 is 8.78 Å². The lowest BCUT2D eigenvalue weighted by Gasteiger charge is -2.13. The number of benzene rings is 3. The zero-order valence-corrected chi connectivity index (χ0v) is 21.2. The Bertz CT molecular complexity index is 2160. The number of imidazole rings is 1. The molecule has 4 heterocycles. The highest BCUT2D eigenvalue weighted by molar-refractivity contribution is 6.10. The summed E-state index contributed by atoms with van der Waals surface area (Å²) in [6, 6.07) is 19.7. The molecule has 0 aliphatic heterocycles. The number of furan rings is 1. The van der Waals surface area contributed by atoms with Crippen LogP contribution in [0, 0.1) is 24.4 Å². The minimum Gasteiger partial charge on any atom is -0.437 e. The Morgan fingerprint density at radius 1 is 0.872 bits per heavy atom. The first-order chi connectivity index (χ1) is 20.1. The van der Waals surface area contributed by atoms with Crippen LogP contribution in [0.2, 0.25) is 0 Å². The van der Waals surface area contributed by atoms with Gasteiger partial charge < -0.3 is 4.42 Å². The number of para-hydroxylation sites is 2. The lowest BCUT2D eigenvalue weighted by atomic mass is 10.1. The lowest BCUT2D eigenvalue weighted by Crippen LogP contribution is -2.04. The van der Waals surface area contributed by atoms with E-state index in [4.69, 9.17) is 18.5 Å². The Hall–Kier alpha value is -4.65. The van der Waals surface area contributed by atoms with Crippen LogP contribution in [-0.2, 0) is 6.42 Å². The molecular formula is C32H24F2N4O. The van der Waals surface area contributed by atoms with Crippen molar-refractivity contribution < 1.29 is 17.3 Å². The highest BCUT2D eigenvalue weighted by Gasteiger charge is 2.25.